The molecule has 3 rings (SSSR count). The van der Waals surface area contributed by atoms with Crippen molar-refractivity contribution in [1.29, 1.82) is 0 Å². The Kier molecular flexibility index (Phi) is 5.42. The van der Waals surface area contributed by atoms with E-state index in [1.807, 2.05) is 6.92 Å². The van der Waals surface area contributed by atoms with Crippen molar-refractivity contribution in [2.45, 2.75) is 50.9 Å². The lowest BCUT2D eigenvalue weighted by atomic mass is 9.95. The molecular weight excluding hydrogens is 349 g/mol. The topological polar surface area (TPSA) is 62.7 Å². The van der Waals surface area contributed by atoms with Crippen LogP contribution in [0.25, 0.3) is 0 Å². The molecule has 3 heterocycles. The van der Waals surface area contributed by atoms with Crippen molar-refractivity contribution in [3.8, 4) is 5.88 Å². The summed E-state index contributed by atoms with van der Waals surface area (Å²) in [5, 5.41) is 0.430. The van der Waals surface area contributed by atoms with Crippen LogP contribution in [-0.2, 0) is 4.79 Å². The van der Waals surface area contributed by atoms with Gasteiger partial charge in [-0.25, -0.2) is 14.2 Å². The molecule has 0 aliphatic carbocycles. The van der Waals surface area contributed by atoms with Gasteiger partial charge in [-0.1, -0.05) is 11.6 Å². The number of alkyl halides is 1. The van der Waals surface area contributed by atoms with Crippen molar-refractivity contribution in [1.82, 2.24) is 14.8 Å². The van der Waals surface area contributed by atoms with Crippen LogP contribution < -0.4 is 4.74 Å². The molecule has 6 nitrogen and oxygen atoms in total. The number of piperidine rings is 2. The Balaban J connectivity index is 1.68. The summed E-state index contributed by atoms with van der Waals surface area (Å²) in [5.41, 5.74) is 0. The number of amides is 2. The van der Waals surface area contributed by atoms with E-state index in [4.69, 9.17) is 16.3 Å². The van der Waals surface area contributed by atoms with Crippen LogP contribution in [0.1, 0.15) is 32.6 Å². The Morgan fingerprint density at radius 2 is 2.20 bits per heavy atom. The van der Waals surface area contributed by atoms with E-state index in [0.29, 0.717) is 11.4 Å². The predicted octanol–water partition coefficient (Wildman–Crippen LogP) is 3.05. The molecule has 0 bridgehead atoms. The molecule has 2 saturated heterocycles. The first-order chi connectivity index (χ1) is 11.9. The van der Waals surface area contributed by atoms with Gasteiger partial charge in [0.1, 0.15) is 6.17 Å². The Hall–Kier alpha value is -1.89. The van der Waals surface area contributed by atoms with Crippen LogP contribution in [0, 0.1) is 0 Å². The number of aromatic nitrogens is 1. The van der Waals surface area contributed by atoms with Gasteiger partial charge in [0, 0.05) is 37.7 Å². The average molecular weight is 370 g/mol. The van der Waals surface area contributed by atoms with Gasteiger partial charge in [-0.3, -0.25) is 4.79 Å². The first-order valence-corrected chi connectivity index (χ1v) is 8.85. The van der Waals surface area contributed by atoms with Gasteiger partial charge in [0.05, 0.1) is 17.6 Å². The van der Waals surface area contributed by atoms with E-state index >= 15 is 0 Å². The first kappa shape index (κ1) is 17.9. The summed E-state index contributed by atoms with van der Waals surface area (Å²) in [6.07, 6.45) is 2.01. The molecule has 1 unspecified atom stereocenters. The summed E-state index contributed by atoms with van der Waals surface area (Å²) < 4.78 is 19.4. The SMILES string of the molecule is CC1CCCC(=O)N1[C@H]1C[C@H](F)CN(C(=O)Oc2ccc(Cl)cn2)C1. The van der Waals surface area contributed by atoms with E-state index in [1.165, 1.54) is 17.2 Å². The van der Waals surface area contributed by atoms with Gasteiger partial charge in [-0.2, -0.15) is 0 Å². The van der Waals surface area contributed by atoms with Gasteiger partial charge in [-0.05, 0) is 25.8 Å². The smallest absolute Gasteiger partial charge is 0.391 e. The molecule has 0 radical (unpaired) electrons. The monoisotopic (exact) mass is 369 g/mol. The largest absolute Gasteiger partial charge is 0.416 e. The second kappa shape index (κ2) is 7.56. The number of ether oxygens (including phenoxy) is 1. The number of pyridine rings is 1. The molecular formula is C17H21ClFN3O3. The van der Waals surface area contributed by atoms with Gasteiger partial charge in [-0.15, -0.1) is 0 Å². The lowest BCUT2D eigenvalue weighted by Gasteiger charge is -2.44. The predicted molar refractivity (Wildman–Crippen MR) is 90.3 cm³/mol. The Morgan fingerprint density at radius 1 is 1.40 bits per heavy atom. The van der Waals surface area contributed by atoms with E-state index in [9.17, 15) is 14.0 Å². The van der Waals surface area contributed by atoms with Crippen molar-refractivity contribution in [3.05, 3.63) is 23.4 Å². The number of likely N-dealkylation sites (tertiary alicyclic amines) is 2. The number of hydrogen-bond donors (Lipinski definition) is 0. The molecule has 1 aromatic heterocycles. The maximum absolute atomic E-state index is 14.2. The molecule has 2 aliphatic rings. The fourth-order valence-electron chi connectivity index (χ4n) is 3.57. The Bertz CT molecular complexity index is 643. The van der Waals surface area contributed by atoms with E-state index in [1.54, 1.807) is 11.0 Å². The zero-order valence-electron chi connectivity index (χ0n) is 14.0. The van der Waals surface area contributed by atoms with Gasteiger partial charge >= 0.3 is 6.09 Å². The third-order valence-corrected chi connectivity index (χ3v) is 4.92. The van der Waals surface area contributed by atoms with E-state index in [0.717, 1.165) is 12.8 Å². The molecule has 0 spiro atoms. The Labute approximate surface area is 150 Å². The van der Waals surface area contributed by atoms with Crippen LogP contribution in [0.5, 0.6) is 5.88 Å². The van der Waals surface area contributed by atoms with Gasteiger partial charge in [0.15, 0.2) is 0 Å². The minimum atomic E-state index is -1.19. The Morgan fingerprint density at radius 3 is 2.88 bits per heavy atom. The fourth-order valence-corrected chi connectivity index (χ4v) is 3.68. The average Bonchev–Trinajstić information content (AvgIpc) is 2.56. The molecule has 3 atom stereocenters. The van der Waals surface area contributed by atoms with Crippen LogP contribution in [0.4, 0.5) is 9.18 Å². The summed E-state index contributed by atoms with van der Waals surface area (Å²) in [4.78, 5) is 31.6. The van der Waals surface area contributed by atoms with Crippen LogP contribution >= 0.6 is 11.6 Å². The van der Waals surface area contributed by atoms with Crippen molar-refractivity contribution >= 4 is 23.6 Å². The molecule has 0 saturated carbocycles. The fraction of sp³-hybridized carbons (Fsp3) is 0.588. The highest BCUT2D eigenvalue weighted by molar-refractivity contribution is 6.30. The maximum Gasteiger partial charge on any atom is 0.416 e. The standard InChI is InChI=1S/C17H21ClFN3O3/c1-11-3-2-4-16(23)22(11)14-7-13(19)9-21(10-14)17(24)25-15-6-5-12(18)8-20-15/h5-6,8,11,13-14H,2-4,7,9-10H2,1H3/t11?,13-,14-/m0/s1. The molecule has 1 aromatic rings. The first-order valence-electron chi connectivity index (χ1n) is 8.47. The van der Waals surface area contributed by atoms with Crippen LogP contribution in [0.2, 0.25) is 5.02 Å². The molecule has 2 aliphatic heterocycles. The second-order valence-corrected chi connectivity index (χ2v) is 7.05. The normalized spacial score (nSPS) is 27.3. The van der Waals surface area contributed by atoms with Crippen LogP contribution in [0.15, 0.2) is 18.3 Å². The minimum absolute atomic E-state index is 0.0329. The third-order valence-electron chi connectivity index (χ3n) is 4.70. The van der Waals surface area contributed by atoms with Crippen LogP contribution in [0.3, 0.4) is 0 Å². The zero-order valence-corrected chi connectivity index (χ0v) is 14.8. The molecule has 8 heteroatoms. The highest BCUT2D eigenvalue weighted by atomic mass is 35.5. The number of carbonyl (C=O) groups is 2. The van der Waals surface area contributed by atoms with Crippen molar-refractivity contribution in [2.24, 2.45) is 0 Å². The summed E-state index contributed by atoms with van der Waals surface area (Å²) >= 11 is 5.75. The number of nitrogens with zero attached hydrogens (tertiary/aromatic N) is 3. The third kappa shape index (κ3) is 4.21. The van der Waals surface area contributed by atoms with Crippen molar-refractivity contribution in [2.75, 3.05) is 13.1 Å². The molecule has 25 heavy (non-hydrogen) atoms. The van der Waals surface area contributed by atoms with Crippen molar-refractivity contribution < 1.29 is 18.7 Å². The minimum Gasteiger partial charge on any atom is -0.391 e. The van der Waals surface area contributed by atoms with Crippen molar-refractivity contribution in [3.63, 3.8) is 0 Å². The number of hydrogen-bond acceptors (Lipinski definition) is 4. The molecule has 2 fully saturated rings. The molecule has 136 valence electrons. The summed E-state index contributed by atoms with van der Waals surface area (Å²) in [6, 6.07) is 2.78. The maximum atomic E-state index is 14.2. The lowest BCUT2D eigenvalue weighted by molar-refractivity contribution is -0.140. The van der Waals surface area contributed by atoms with Gasteiger partial charge < -0.3 is 14.5 Å². The highest BCUT2D eigenvalue weighted by Gasteiger charge is 2.38. The quantitative estimate of drug-likeness (QED) is 0.803. The molecule has 2 amide bonds. The van der Waals surface area contributed by atoms with Gasteiger partial charge in [0.25, 0.3) is 0 Å². The summed E-state index contributed by atoms with van der Waals surface area (Å²) in [7, 11) is 0. The molecule has 0 aromatic carbocycles. The van der Waals surface area contributed by atoms with E-state index in [-0.39, 0.29) is 43.4 Å². The molecule has 0 N–H and O–H groups in total. The van der Waals surface area contributed by atoms with E-state index < -0.39 is 12.3 Å². The number of halogens is 2. The van der Waals surface area contributed by atoms with E-state index in [2.05, 4.69) is 4.98 Å². The lowest BCUT2D eigenvalue weighted by Crippen LogP contribution is -2.58. The number of carbonyl (C=O) groups excluding carboxylic acids is 2. The summed E-state index contributed by atoms with van der Waals surface area (Å²) in [6.45, 7) is 2.20. The van der Waals surface area contributed by atoms with Crippen LogP contribution in [-0.4, -0.2) is 58.1 Å². The second-order valence-electron chi connectivity index (χ2n) is 6.62. The highest BCUT2D eigenvalue weighted by Crippen LogP contribution is 2.27. The number of rotatable bonds is 2. The zero-order chi connectivity index (χ0) is 18.0. The van der Waals surface area contributed by atoms with Gasteiger partial charge in [0.2, 0.25) is 11.8 Å². The summed E-state index contributed by atoms with van der Waals surface area (Å²) in [5.74, 6) is 0.139.